The molecule has 3 heteroatoms. The summed E-state index contributed by atoms with van der Waals surface area (Å²) in [4.78, 5) is 4.32. The Balaban J connectivity index is 2.13. The van der Waals surface area contributed by atoms with Crippen LogP contribution in [-0.2, 0) is 6.42 Å². The van der Waals surface area contributed by atoms with Crippen LogP contribution in [0.5, 0.6) is 5.75 Å². The van der Waals surface area contributed by atoms with E-state index in [2.05, 4.69) is 11.1 Å². The van der Waals surface area contributed by atoms with E-state index in [1.165, 1.54) is 5.56 Å². The van der Waals surface area contributed by atoms with Gasteiger partial charge in [-0.2, -0.15) is 0 Å². The van der Waals surface area contributed by atoms with Crippen molar-refractivity contribution in [3.8, 4) is 17.0 Å². The Hall–Kier alpha value is -2.03. The fourth-order valence-electron chi connectivity index (χ4n) is 1.98. The molecule has 3 rings (SSSR count). The van der Waals surface area contributed by atoms with Gasteiger partial charge >= 0.3 is 0 Å². The van der Waals surface area contributed by atoms with E-state index in [9.17, 15) is 0 Å². The van der Waals surface area contributed by atoms with Crippen molar-refractivity contribution in [1.82, 2.24) is 4.98 Å². The summed E-state index contributed by atoms with van der Waals surface area (Å²) in [5.74, 6) is 0.972. The second-order valence-corrected chi connectivity index (χ2v) is 3.87. The van der Waals surface area contributed by atoms with Crippen molar-refractivity contribution >= 4 is 5.69 Å². The van der Waals surface area contributed by atoms with Gasteiger partial charge < -0.3 is 10.5 Å². The van der Waals surface area contributed by atoms with E-state index in [-0.39, 0.29) is 0 Å². The van der Waals surface area contributed by atoms with Crippen LogP contribution in [0.2, 0.25) is 0 Å². The molecule has 1 aliphatic rings. The Kier molecular flexibility index (Phi) is 2.03. The largest absolute Gasteiger partial charge is 0.492 e. The molecular formula is C13H12N2O. The highest BCUT2D eigenvalue weighted by molar-refractivity contribution is 5.70. The molecule has 0 aliphatic carbocycles. The lowest BCUT2D eigenvalue weighted by atomic mass is 10.1. The minimum Gasteiger partial charge on any atom is -0.492 e. The van der Waals surface area contributed by atoms with Crippen LogP contribution in [0.1, 0.15) is 5.56 Å². The van der Waals surface area contributed by atoms with Gasteiger partial charge in [0, 0.05) is 12.0 Å². The number of para-hydroxylation sites is 1. The maximum Gasteiger partial charge on any atom is 0.132 e. The van der Waals surface area contributed by atoms with Crippen molar-refractivity contribution in [1.29, 1.82) is 0 Å². The van der Waals surface area contributed by atoms with Gasteiger partial charge in [-0.3, -0.25) is 4.98 Å². The monoisotopic (exact) mass is 212 g/mol. The van der Waals surface area contributed by atoms with Gasteiger partial charge in [-0.1, -0.05) is 12.1 Å². The summed E-state index contributed by atoms with van der Waals surface area (Å²) in [5, 5.41) is 0. The summed E-state index contributed by atoms with van der Waals surface area (Å²) < 4.78 is 5.64. The molecule has 0 radical (unpaired) electrons. The van der Waals surface area contributed by atoms with Crippen LogP contribution in [0.25, 0.3) is 11.3 Å². The number of pyridine rings is 1. The van der Waals surface area contributed by atoms with Gasteiger partial charge in [0.05, 0.1) is 24.2 Å². The number of aromatic nitrogens is 1. The Labute approximate surface area is 93.9 Å². The molecule has 0 saturated heterocycles. The number of hydrogen-bond acceptors (Lipinski definition) is 3. The van der Waals surface area contributed by atoms with E-state index < -0.39 is 0 Å². The average Bonchev–Trinajstić information content (AvgIpc) is 2.78. The van der Waals surface area contributed by atoms with Crippen LogP contribution in [-0.4, -0.2) is 11.6 Å². The van der Waals surface area contributed by atoms with Gasteiger partial charge in [-0.15, -0.1) is 0 Å². The summed E-state index contributed by atoms with van der Waals surface area (Å²) in [7, 11) is 0. The zero-order chi connectivity index (χ0) is 11.0. The van der Waals surface area contributed by atoms with E-state index in [0.717, 1.165) is 30.0 Å². The Morgan fingerprint density at radius 2 is 2.12 bits per heavy atom. The summed E-state index contributed by atoms with van der Waals surface area (Å²) in [5.41, 5.74) is 9.52. The van der Waals surface area contributed by atoms with Crippen LogP contribution in [0.15, 0.2) is 36.5 Å². The highest BCUT2D eigenvalue weighted by Crippen LogP contribution is 2.35. The van der Waals surface area contributed by atoms with E-state index in [1.807, 2.05) is 24.3 Å². The normalized spacial score (nSPS) is 13.2. The Bertz CT molecular complexity index is 520. The van der Waals surface area contributed by atoms with Gasteiger partial charge in [0.2, 0.25) is 0 Å². The van der Waals surface area contributed by atoms with E-state index in [1.54, 1.807) is 6.20 Å². The Morgan fingerprint density at radius 3 is 2.94 bits per heavy atom. The first-order valence-electron chi connectivity index (χ1n) is 5.31. The fraction of sp³-hybridized carbons (Fsp3) is 0.154. The summed E-state index contributed by atoms with van der Waals surface area (Å²) in [6.45, 7) is 0.765. The number of ether oxygens (including phenoxy) is 1. The van der Waals surface area contributed by atoms with E-state index >= 15 is 0 Å². The molecule has 16 heavy (non-hydrogen) atoms. The molecule has 80 valence electrons. The SMILES string of the molecule is Nc1ccc(-c2cccc3c2OCC3)nc1. The molecule has 2 heterocycles. The maximum atomic E-state index is 5.64. The third-order valence-corrected chi connectivity index (χ3v) is 2.78. The number of nitrogen functional groups attached to an aromatic ring is 1. The van der Waals surface area contributed by atoms with E-state index in [0.29, 0.717) is 5.69 Å². The van der Waals surface area contributed by atoms with Crippen molar-refractivity contribution in [2.75, 3.05) is 12.3 Å². The minimum absolute atomic E-state index is 0.678. The van der Waals surface area contributed by atoms with Gasteiger partial charge in [-0.25, -0.2) is 0 Å². The number of nitrogens with two attached hydrogens (primary N) is 1. The number of hydrogen-bond donors (Lipinski definition) is 1. The molecule has 0 fully saturated rings. The topological polar surface area (TPSA) is 48.1 Å². The predicted octanol–water partition coefficient (Wildman–Crippen LogP) is 2.27. The first-order chi connectivity index (χ1) is 7.84. The molecule has 1 aliphatic heterocycles. The van der Waals surface area contributed by atoms with Crippen molar-refractivity contribution in [3.05, 3.63) is 42.1 Å². The number of rotatable bonds is 1. The summed E-state index contributed by atoms with van der Waals surface area (Å²) >= 11 is 0. The molecular weight excluding hydrogens is 200 g/mol. The molecule has 0 spiro atoms. The summed E-state index contributed by atoms with van der Waals surface area (Å²) in [6, 6.07) is 9.95. The van der Waals surface area contributed by atoms with E-state index in [4.69, 9.17) is 10.5 Å². The number of fused-ring (bicyclic) bond motifs is 1. The highest BCUT2D eigenvalue weighted by atomic mass is 16.5. The molecule has 3 nitrogen and oxygen atoms in total. The first kappa shape index (κ1) is 9.21. The fourth-order valence-corrected chi connectivity index (χ4v) is 1.98. The predicted molar refractivity (Wildman–Crippen MR) is 63.3 cm³/mol. The molecule has 0 amide bonds. The first-order valence-corrected chi connectivity index (χ1v) is 5.31. The molecule has 0 saturated carbocycles. The van der Waals surface area contributed by atoms with Crippen LogP contribution in [0.4, 0.5) is 5.69 Å². The standard InChI is InChI=1S/C13H12N2O/c14-10-4-5-12(15-8-10)11-3-1-2-9-6-7-16-13(9)11/h1-5,8H,6-7,14H2. The van der Waals surface area contributed by atoms with Crippen LogP contribution in [0, 0.1) is 0 Å². The highest BCUT2D eigenvalue weighted by Gasteiger charge is 2.17. The van der Waals surface area contributed by atoms with Crippen LogP contribution >= 0.6 is 0 Å². The Morgan fingerprint density at radius 1 is 1.19 bits per heavy atom. The molecule has 1 aromatic heterocycles. The van der Waals surface area contributed by atoms with Gasteiger partial charge in [-0.05, 0) is 23.8 Å². The second kappa shape index (κ2) is 3.52. The minimum atomic E-state index is 0.678. The third-order valence-electron chi connectivity index (χ3n) is 2.78. The van der Waals surface area contributed by atoms with Crippen molar-refractivity contribution in [2.45, 2.75) is 6.42 Å². The smallest absolute Gasteiger partial charge is 0.132 e. The van der Waals surface area contributed by atoms with Gasteiger partial charge in [0.15, 0.2) is 0 Å². The van der Waals surface area contributed by atoms with Gasteiger partial charge in [0.1, 0.15) is 5.75 Å². The van der Waals surface area contributed by atoms with Crippen LogP contribution < -0.4 is 10.5 Å². The van der Waals surface area contributed by atoms with Crippen LogP contribution in [0.3, 0.4) is 0 Å². The molecule has 0 atom stereocenters. The lowest BCUT2D eigenvalue weighted by Gasteiger charge is -2.07. The summed E-state index contributed by atoms with van der Waals surface area (Å²) in [6.07, 6.45) is 2.65. The lowest BCUT2D eigenvalue weighted by Crippen LogP contribution is -1.91. The van der Waals surface area contributed by atoms with Crippen molar-refractivity contribution in [2.24, 2.45) is 0 Å². The van der Waals surface area contributed by atoms with Crippen molar-refractivity contribution in [3.63, 3.8) is 0 Å². The number of anilines is 1. The molecule has 2 aromatic rings. The number of nitrogens with zero attached hydrogens (tertiary/aromatic N) is 1. The molecule has 0 unspecified atom stereocenters. The van der Waals surface area contributed by atoms with Crippen molar-refractivity contribution < 1.29 is 4.74 Å². The quantitative estimate of drug-likeness (QED) is 0.788. The molecule has 0 bridgehead atoms. The maximum absolute atomic E-state index is 5.64. The lowest BCUT2D eigenvalue weighted by molar-refractivity contribution is 0.358. The zero-order valence-electron chi connectivity index (χ0n) is 8.81. The zero-order valence-corrected chi connectivity index (χ0v) is 8.81. The van der Waals surface area contributed by atoms with Gasteiger partial charge in [0.25, 0.3) is 0 Å². The average molecular weight is 212 g/mol. The molecule has 2 N–H and O–H groups in total. The number of benzene rings is 1. The molecule has 1 aromatic carbocycles. The third kappa shape index (κ3) is 1.41. The second-order valence-electron chi connectivity index (χ2n) is 3.87.